The maximum Gasteiger partial charge on any atom is 0.246 e. The van der Waals surface area contributed by atoms with E-state index in [1.165, 1.54) is 23.8 Å². The minimum atomic E-state index is -3.55. The molecule has 0 aliphatic rings. The Morgan fingerprint density at radius 2 is 2.00 bits per heavy atom. The van der Waals surface area contributed by atoms with E-state index in [1.807, 2.05) is 0 Å². The maximum absolute atomic E-state index is 12.2. The molecule has 0 aliphatic heterocycles. The fourth-order valence-corrected chi connectivity index (χ4v) is 2.69. The minimum Gasteiger partial charge on any atom is -0.383 e. The van der Waals surface area contributed by atoms with Crippen LogP contribution in [0.5, 0.6) is 0 Å². The van der Waals surface area contributed by atoms with Gasteiger partial charge < -0.3 is 10.1 Å². The highest BCUT2D eigenvalue weighted by molar-refractivity contribution is 7.89. The van der Waals surface area contributed by atoms with E-state index in [1.54, 1.807) is 14.0 Å². The van der Waals surface area contributed by atoms with E-state index in [0.717, 1.165) is 0 Å². The highest BCUT2D eigenvalue weighted by Gasteiger charge is 2.23. The summed E-state index contributed by atoms with van der Waals surface area (Å²) in [5.74, 6) is 0.383. The summed E-state index contributed by atoms with van der Waals surface area (Å²) in [6.45, 7) is 2.81. The fourth-order valence-electron chi connectivity index (χ4n) is 1.37. The number of rotatable bonds is 7. The summed E-state index contributed by atoms with van der Waals surface area (Å²) in [5, 5.41) is 2.73. The van der Waals surface area contributed by atoms with Gasteiger partial charge in [-0.2, -0.15) is 4.31 Å². The Morgan fingerprint density at radius 3 is 2.44 bits per heavy atom. The third kappa shape index (κ3) is 3.37. The van der Waals surface area contributed by atoms with Crippen molar-refractivity contribution >= 4 is 16.0 Å². The largest absolute Gasteiger partial charge is 0.383 e. The number of anilines is 1. The van der Waals surface area contributed by atoms with Gasteiger partial charge in [0.1, 0.15) is 4.90 Å². The fraction of sp³-hybridized carbons (Fsp3) is 0.600. The Balaban J connectivity index is 2.95. The zero-order valence-corrected chi connectivity index (χ0v) is 11.6. The summed E-state index contributed by atoms with van der Waals surface area (Å²) >= 11 is 0. The van der Waals surface area contributed by atoms with Gasteiger partial charge in [-0.05, 0) is 0 Å². The third-order valence-electron chi connectivity index (χ3n) is 2.39. The zero-order valence-electron chi connectivity index (χ0n) is 10.8. The normalized spacial score (nSPS) is 11.8. The third-order valence-corrected chi connectivity index (χ3v) is 4.31. The number of likely N-dealkylation sites (N-methyl/N-ethyl adjacent to an activating group) is 1. The monoisotopic (exact) mass is 274 g/mol. The molecule has 1 heterocycles. The lowest BCUT2D eigenvalue weighted by atomic mass is 10.6. The van der Waals surface area contributed by atoms with Gasteiger partial charge in [0.05, 0.1) is 19.0 Å². The lowest BCUT2D eigenvalue weighted by molar-refractivity contribution is 0.180. The Hall–Kier alpha value is -1.25. The molecule has 0 aliphatic carbocycles. The van der Waals surface area contributed by atoms with Crippen molar-refractivity contribution in [1.29, 1.82) is 0 Å². The van der Waals surface area contributed by atoms with Crippen LogP contribution < -0.4 is 5.32 Å². The van der Waals surface area contributed by atoms with E-state index in [0.29, 0.717) is 25.6 Å². The molecule has 0 atom stereocenters. The molecule has 1 rings (SSSR count). The standard InChI is InChI=1S/C10H18N4O3S/c1-4-14(5-6-17-3)18(15,16)9-7-12-10(11-2)13-8-9/h7-8H,4-6H2,1-3H3,(H,11,12,13). The van der Waals surface area contributed by atoms with E-state index >= 15 is 0 Å². The van der Waals surface area contributed by atoms with Crippen LogP contribution in [-0.4, -0.2) is 56.5 Å². The predicted molar refractivity (Wildman–Crippen MR) is 67.9 cm³/mol. The van der Waals surface area contributed by atoms with E-state index in [9.17, 15) is 8.42 Å². The number of hydrogen-bond donors (Lipinski definition) is 1. The average molecular weight is 274 g/mol. The quantitative estimate of drug-likeness (QED) is 0.763. The highest BCUT2D eigenvalue weighted by Crippen LogP contribution is 2.14. The minimum absolute atomic E-state index is 0.0828. The van der Waals surface area contributed by atoms with Gasteiger partial charge in [0.2, 0.25) is 16.0 Å². The molecule has 0 saturated carbocycles. The van der Waals surface area contributed by atoms with Crippen LogP contribution in [0.2, 0.25) is 0 Å². The highest BCUT2D eigenvalue weighted by atomic mass is 32.2. The smallest absolute Gasteiger partial charge is 0.246 e. The number of nitrogens with zero attached hydrogens (tertiary/aromatic N) is 3. The van der Waals surface area contributed by atoms with Crippen LogP contribution in [0, 0.1) is 0 Å². The van der Waals surface area contributed by atoms with Gasteiger partial charge in [0.15, 0.2) is 0 Å². The van der Waals surface area contributed by atoms with E-state index in [2.05, 4.69) is 15.3 Å². The van der Waals surface area contributed by atoms with Gasteiger partial charge in [0.25, 0.3) is 0 Å². The van der Waals surface area contributed by atoms with Crippen LogP contribution in [0.1, 0.15) is 6.92 Å². The maximum atomic E-state index is 12.2. The van der Waals surface area contributed by atoms with Gasteiger partial charge in [-0.25, -0.2) is 18.4 Å². The molecule has 0 fully saturated rings. The first-order chi connectivity index (χ1) is 8.56. The molecule has 18 heavy (non-hydrogen) atoms. The second-order valence-corrected chi connectivity index (χ2v) is 5.42. The first-order valence-corrected chi connectivity index (χ1v) is 6.99. The molecule has 0 unspecified atom stereocenters. The van der Waals surface area contributed by atoms with Gasteiger partial charge in [0, 0.05) is 27.2 Å². The number of hydrogen-bond acceptors (Lipinski definition) is 6. The molecule has 7 nitrogen and oxygen atoms in total. The topological polar surface area (TPSA) is 84.4 Å². The van der Waals surface area contributed by atoms with E-state index in [-0.39, 0.29) is 4.90 Å². The lowest BCUT2D eigenvalue weighted by Gasteiger charge is -2.19. The van der Waals surface area contributed by atoms with Crippen LogP contribution in [0.15, 0.2) is 17.3 Å². The van der Waals surface area contributed by atoms with Crippen LogP contribution in [0.25, 0.3) is 0 Å². The Morgan fingerprint density at radius 1 is 1.39 bits per heavy atom. The second kappa shape index (κ2) is 6.62. The van der Waals surface area contributed by atoms with Crippen LogP contribution >= 0.6 is 0 Å². The van der Waals surface area contributed by atoms with Crippen LogP contribution in [0.4, 0.5) is 5.95 Å². The molecule has 0 radical (unpaired) electrons. The number of nitrogens with one attached hydrogen (secondary N) is 1. The number of methoxy groups -OCH3 is 1. The molecular formula is C10H18N4O3S. The molecule has 0 spiro atoms. The lowest BCUT2D eigenvalue weighted by Crippen LogP contribution is -2.33. The van der Waals surface area contributed by atoms with Crippen molar-refractivity contribution in [1.82, 2.24) is 14.3 Å². The van der Waals surface area contributed by atoms with Crippen molar-refractivity contribution in [3.8, 4) is 0 Å². The molecule has 0 bridgehead atoms. The summed E-state index contributed by atoms with van der Waals surface area (Å²) < 4.78 is 30.7. The number of sulfonamides is 1. The summed E-state index contributed by atoms with van der Waals surface area (Å²) in [6, 6.07) is 0. The van der Waals surface area contributed by atoms with Crippen molar-refractivity contribution in [2.75, 3.05) is 39.2 Å². The van der Waals surface area contributed by atoms with Crippen molar-refractivity contribution in [2.24, 2.45) is 0 Å². The molecule has 8 heteroatoms. The molecule has 0 saturated heterocycles. The molecule has 1 aromatic heterocycles. The van der Waals surface area contributed by atoms with Gasteiger partial charge in [-0.3, -0.25) is 0 Å². The predicted octanol–water partition coefficient (Wildman–Crippen LogP) is 0.175. The Kier molecular flexibility index (Phi) is 5.45. The van der Waals surface area contributed by atoms with Crippen molar-refractivity contribution in [3.63, 3.8) is 0 Å². The summed E-state index contributed by atoms with van der Waals surface area (Å²) in [7, 11) is -0.348. The molecule has 1 N–H and O–H groups in total. The van der Waals surface area contributed by atoms with Crippen molar-refractivity contribution < 1.29 is 13.2 Å². The molecular weight excluding hydrogens is 256 g/mol. The summed E-state index contributed by atoms with van der Waals surface area (Å²) in [6.07, 6.45) is 2.59. The molecule has 0 amide bonds. The van der Waals surface area contributed by atoms with Crippen molar-refractivity contribution in [3.05, 3.63) is 12.4 Å². The Bertz CT molecular complexity index is 461. The first-order valence-electron chi connectivity index (χ1n) is 5.55. The van der Waals surface area contributed by atoms with E-state index < -0.39 is 10.0 Å². The Labute approximate surface area is 107 Å². The molecule has 1 aromatic rings. The second-order valence-electron chi connectivity index (χ2n) is 3.48. The molecule has 102 valence electrons. The van der Waals surface area contributed by atoms with Crippen LogP contribution in [0.3, 0.4) is 0 Å². The van der Waals surface area contributed by atoms with Gasteiger partial charge in [-0.15, -0.1) is 0 Å². The average Bonchev–Trinajstić information content (AvgIpc) is 2.39. The zero-order chi connectivity index (χ0) is 13.6. The van der Waals surface area contributed by atoms with Gasteiger partial charge in [-0.1, -0.05) is 6.92 Å². The SMILES string of the molecule is CCN(CCOC)S(=O)(=O)c1cnc(NC)nc1. The first kappa shape index (κ1) is 14.8. The summed E-state index contributed by atoms with van der Waals surface area (Å²) in [4.78, 5) is 7.89. The van der Waals surface area contributed by atoms with Crippen LogP contribution in [-0.2, 0) is 14.8 Å². The number of aromatic nitrogens is 2. The summed E-state index contributed by atoms with van der Waals surface area (Å²) in [5.41, 5.74) is 0. The van der Waals surface area contributed by atoms with E-state index in [4.69, 9.17) is 4.74 Å². The molecule has 0 aromatic carbocycles. The number of ether oxygens (including phenoxy) is 1. The van der Waals surface area contributed by atoms with Gasteiger partial charge >= 0.3 is 0 Å². The van der Waals surface area contributed by atoms with Crippen molar-refractivity contribution in [2.45, 2.75) is 11.8 Å².